The van der Waals surface area contributed by atoms with E-state index in [4.69, 9.17) is 40.5 Å². The minimum atomic E-state index is -0.604. The van der Waals surface area contributed by atoms with E-state index in [2.05, 4.69) is 0 Å². The molecule has 114 valence electrons. The van der Waals surface area contributed by atoms with E-state index in [9.17, 15) is 5.11 Å². The van der Waals surface area contributed by atoms with Crippen LogP contribution in [0, 0.1) is 5.92 Å². The Morgan fingerprint density at radius 2 is 1.70 bits per heavy atom. The molecular formula is C14H19Cl4NO. The van der Waals surface area contributed by atoms with Crippen LogP contribution in [0.2, 0.25) is 15.1 Å². The van der Waals surface area contributed by atoms with E-state index in [-0.39, 0.29) is 18.3 Å². The van der Waals surface area contributed by atoms with Crippen molar-refractivity contribution in [2.45, 2.75) is 44.2 Å². The summed E-state index contributed by atoms with van der Waals surface area (Å²) in [6.07, 6.45) is 4.97. The molecular weight excluding hydrogens is 340 g/mol. The Morgan fingerprint density at radius 3 is 2.30 bits per heavy atom. The molecule has 0 bridgehead atoms. The quantitative estimate of drug-likeness (QED) is 0.746. The van der Waals surface area contributed by atoms with Gasteiger partial charge in [0.25, 0.3) is 0 Å². The molecule has 2 rings (SSSR count). The van der Waals surface area contributed by atoms with Gasteiger partial charge in [0.05, 0.1) is 22.2 Å². The summed E-state index contributed by atoms with van der Waals surface area (Å²) in [5.74, 6) is 0.234. The molecule has 20 heavy (non-hydrogen) atoms. The topological polar surface area (TPSA) is 46.2 Å². The zero-order valence-corrected chi connectivity index (χ0v) is 14.1. The van der Waals surface area contributed by atoms with Crippen LogP contribution in [-0.4, -0.2) is 11.2 Å². The van der Waals surface area contributed by atoms with Crippen molar-refractivity contribution in [3.63, 3.8) is 0 Å². The van der Waals surface area contributed by atoms with Crippen LogP contribution in [0.25, 0.3) is 0 Å². The van der Waals surface area contributed by atoms with E-state index in [0.717, 1.165) is 25.7 Å². The van der Waals surface area contributed by atoms with Gasteiger partial charge in [0.1, 0.15) is 0 Å². The van der Waals surface area contributed by atoms with Crippen molar-refractivity contribution in [2.75, 3.05) is 0 Å². The van der Waals surface area contributed by atoms with E-state index < -0.39 is 12.1 Å². The third kappa shape index (κ3) is 4.16. The Kier molecular flexibility index (Phi) is 7.40. The van der Waals surface area contributed by atoms with Crippen molar-refractivity contribution in [3.05, 3.63) is 32.8 Å². The fourth-order valence-corrected chi connectivity index (χ4v) is 3.52. The predicted octanol–water partition coefficient (Wildman–Crippen LogP) is 5.01. The van der Waals surface area contributed by atoms with Crippen molar-refractivity contribution < 1.29 is 5.11 Å². The molecule has 6 heteroatoms. The summed E-state index contributed by atoms with van der Waals surface area (Å²) in [6, 6.07) is 2.72. The van der Waals surface area contributed by atoms with Gasteiger partial charge in [-0.15, -0.1) is 12.4 Å². The zero-order valence-electron chi connectivity index (χ0n) is 11.0. The first-order valence-electron chi connectivity index (χ1n) is 6.59. The number of rotatable bonds is 3. The van der Waals surface area contributed by atoms with Crippen LogP contribution in [0.5, 0.6) is 0 Å². The number of aliphatic hydroxyl groups is 1. The van der Waals surface area contributed by atoms with Crippen molar-refractivity contribution in [1.82, 2.24) is 0 Å². The average Bonchev–Trinajstić information content (AvgIpc) is 2.42. The van der Waals surface area contributed by atoms with Gasteiger partial charge in [0.15, 0.2) is 0 Å². The highest BCUT2D eigenvalue weighted by Gasteiger charge is 2.29. The summed E-state index contributed by atoms with van der Waals surface area (Å²) in [5, 5.41) is 11.7. The predicted molar refractivity (Wildman–Crippen MR) is 88.2 cm³/mol. The summed E-state index contributed by atoms with van der Waals surface area (Å²) in [5.41, 5.74) is 6.78. The lowest BCUT2D eigenvalue weighted by Crippen LogP contribution is -2.34. The molecule has 1 saturated carbocycles. The number of nitrogens with two attached hydrogens (primary N) is 1. The molecule has 2 atom stereocenters. The molecule has 3 N–H and O–H groups in total. The van der Waals surface area contributed by atoms with E-state index in [1.807, 2.05) is 0 Å². The van der Waals surface area contributed by atoms with Gasteiger partial charge in [-0.3, -0.25) is 0 Å². The number of aliphatic hydroxyl groups excluding tert-OH is 1. The second-order valence-corrected chi connectivity index (χ2v) is 6.43. The number of benzene rings is 1. The summed E-state index contributed by atoms with van der Waals surface area (Å²) in [6.45, 7) is 0. The maximum Gasteiger partial charge on any atom is 0.0761 e. The lowest BCUT2D eigenvalue weighted by atomic mass is 9.81. The third-order valence-electron chi connectivity index (χ3n) is 3.88. The lowest BCUT2D eigenvalue weighted by molar-refractivity contribution is 0.0618. The van der Waals surface area contributed by atoms with E-state index in [1.165, 1.54) is 6.42 Å². The molecule has 2 nitrogen and oxygen atoms in total. The molecule has 0 heterocycles. The standard InChI is InChI=1S/C14H18Cl3NO.ClH/c15-9-6-10(12(17)11(16)7-9)13(18)14(19)8-4-2-1-3-5-8;/h6-8,13-14,19H,1-5,18H2;1H/t13-,14+;/m1./s1. The summed E-state index contributed by atoms with van der Waals surface area (Å²) in [7, 11) is 0. The van der Waals surface area contributed by atoms with Gasteiger partial charge >= 0.3 is 0 Å². The SMILES string of the molecule is Cl.N[C@H](c1cc(Cl)cc(Cl)c1Cl)[C@@H](O)C1CCCCC1. The molecule has 0 spiro atoms. The molecule has 1 aromatic carbocycles. The van der Waals surface area contributed by atoms with Gasteiger partial charge < -0.3 is 10.8 Å². The summed E-state index contributed by atoms with van der Waals surface area (Å²) in [4.78, 5) is 0. The molecule has 1 aliphatic rings. The molecule has 0 amide bonds. The van der Waals surface area contributed by atoms with Gasteiger partial charge in [0, 0.05) is 5.02 Å². The second-order valence-electron chi connectivity index (χ2n) is 5.21. The maximum atomic E-state index is 10.4. The highest BCUT2D eigenvalue weighted by molar-refractivity contribution is 6.43. The Bertz CT molecular complexity index is 449. The van der Waals surface area contributed by atoms with E-state index >= 15 is 0 Å². The van der Waals surface area contributed by atoms with Crippen molar-refractivity contribution >= 4 is 47.2 Å². The fraction of sp³-hybridized carbons (Fsp3) is 0.571. The van der Waals surface area contributed by atoms with Crippen molar-refractivity contribution in [3.8, 4) is 0 Å². The molecule has 0 saturated heterocycles. The third-order valence-corrected chi connectivity index (χ3v) is 4.92. The minimum absolute atomic E-state index is 0. The molecule has 1 fully saturated rings. The lowest BCUT2D eigenvalue weighted by Gasteiger charge is -2.31. The first-order valence-corrected chi connectivity index (χ1v) is 7.72. The largest absolute Gasteiger partial charge is 0.391 e. The van der Waals surface area contributed by atoms with Gasteiger partial charge in [-0.2, -0.15) is 0 Å². The fourth-order valence-electron chi connectivity index (χ4n) is 2.77. The van der Waals surface area contributed by atoms with Crippen molar-refractivity contribution in [1.29, 1.82) is 0 Å². The Balaban J connectivity index is 0.00000200. The zero-order chi connectivity index (χ0) is 14.0. The van der Waals surface area contributed by atoms with E-state index in [0.29, 0.717) is 20.6 Å². The van der Waals surface area contributed by atoms with Crippen molar-refractivity contribution in [2.24, 2.45) is 11.7 Å². The first-order chi connectivity index (χ1) is 9.00. The smallest absolute Gasteiger partial charge is 0.0761 e. The van der Waals surface area contributed by atoms with Crippen LogP contribution in [0.15, 0.2) is 12.1 Å². The minimum Gasteiger partial charge on any atom is -0.391 e. The molecule has 1 aromatic rings. The molecule has 0 aliphatic heterocycles. The van der Waals surface area contributed by atoms with Gasteiger partial charge in [0.2, 0.25) is 0 Å². The Morgan fingerprint density at radius 1 is 1.10 bits per heavy atom. The van der Waals surface area contributed by atoms with Crippen LogP contribution >= 0.6 is 47.2 Å². The number of halogens is 4. The van der Waals surface area contributed by atoms with E-state index in [1.54, 1.807) is 12.1 Å². The van der Waals surface area contributed by atoms with Crippen LogP contribution < -0.4 is 5.73 Å². The molecule has 0 unspecified atom stereocenters. The molecule has 1 aliphatic carbocycles. The number of hydrogen-bond acceptors (Lipinski definition) is 2. The average molecular weight is 359 g/mol. The monoisotopic (exact) mass is 357 g/mol. The summed E-state index contributed by atoms with van der Waals surface area (Å²) < 4.78 is 0. The molecule has 0 aromatic heterocycles. The Hall–Kier alpha value is 0.300. The van der Waals surface area contributed by atoms with Crippen LogP contribution in [-0.2, 0) is 0 Å². The highest BCUT2D eigenvalue weighted by Crippen LogP contribution is 2.37. The van der Waals surface area contributed by atoms with Gasteiger partial charge in [-0.25, -0.2) is 0 Å². The number of hydrogen-bond donors (Lipinski definition) is 2. The maximum absolute atomic E-state index is 10.4. The normalized spacial score (nSPS) is 19.2. The molecule has 0 radical (unpaired) electrons. The van der Waals surface area contributed by atoms with Gasteiger partial charge in [-0.05, 0) is 36.5 Å². The first kappa shape index (κ1) is 18.3. The second kappa shape index (κ2) is 8.07. The van der Waals surface area contributed by atoms with Crippen LogP contribution in [0.3, 0.4) is 0 Å². The Labute approximate surface area is 141 Å². The van der Waals surface area contributed by atoms with Crippen LogP contribution in [0.4, 0.5) is 0 Å². The van der Waals surface area contributed by atoms with Crippen LogP contribution in [0.1, 0.15) is 43.7 Å². The summed E-state index contributed by atoms with van der Waals surface area (Å²) >= 11 is 18.1. The highest BCUT2D eigenvalue weighted by atomic mass is 35.5. The van der Waals surface area contributed by atoms with Gasteiger partial charge in [-0.1, -0.05) is 54.1 Å².